The van der Waals surface area contributed by atoms with Crippen molar-refractivity contribution in [3.8, 4) is 0 Å². The molecule has 1 aliphatic rings. The molecule has 0 aliphatic carbocycles. The Hall–Kier alpha value is -1.27. The van der Waals surface area contributed by atoms with E-state index in [1.165, 1.54) is 0 Å². The fourth-order valence-corrected chi connectivity index (χ4v) is 2.65. The van der Waals surface area contributed by atoms with Crippen molar-refractivity contribution in [3.63, 3.8) is 0 Å². The highest BCUT2D eigenvalue weighted by atomic mass is 32.2. The molecule has 0 spiro atoms. The minimum Gasteiger partial charge on any atom is -0.385 e. The minimum atomic E-state index is -3.20. The van der Waals surface area contributed by atoms with Crippen LogP contribution in [0.4, 0.5) is 11.4 Å². The fraction of sp³-hybridized carbons (Fsp3) is 0.538. The summed E-state index contributed by atoms with van der Waals surface area (Å²) < 4.78 is 29.9. The van der Waals surface area contributed by atoms with E-state index >= 15 is 0 Å². The first-order chi connectivity index (χ1) is 9.03. The maximum atomic E-state index is 11.1. The fourth-order valence-electron chi connectivity index (χ4n) is 2.08. The smallest absolute Gasteiger partial charge is 0.229 e. The second-order valence-electron chi connectivity index (χ2n) is 4.89. The van der Waals surface area contributed by atoms with Crippen molar-refractivity contribution >= 4 is 21.4 Å². The minimum absolute atomic E-state index is 0.583. The number of hydrogen-bond acceptors (Lipinski definition) is 4. The van der Waals surface area contributed by atoms with E-state index in [1.54, 1.807) is 12.1 Å². The van der Waals surface area contributed by atoms with E-state index in [9.17, 15) is 8.42 Å². The molecule has 1 fully saturated rings. The summed E-state index contributed by atoms with van der Waals surface area (Å²) in [6.07, 6.45) is 3.34. The number of anilines is 2. The van der Waals surface area contributed by atoms with Gasteiger partial charge in [-0.1, -0.05) is 0 Å². The normalized spacial score (nSPS) is 17.1. The van der Waals surface area contributed by atoms with Gasteiger partial charge in [0, 0.05) is 31.1 Å². The molecule has 0 unspecified atom stereocenters. The number of benzene rings is 1. The van der Waals surface area contributed by atoms with Crippen LogP contribution in [0.2, 0.25) is 0 Å². The number of ether oxygens (including phenoxy) is 1. The lowest BCUT2D eigenvalue weighted by Crippen LogP contribution is -2.22. The Morgan fingerprint density at radius 3 is 2.32 bits per heavy atom. The van der Waals surface area contributed by atoms with Crippen LogP contribution in [0.1, 0.15) is 12.8 Å². The topological polar surface area (TPSA) is 67.4 Å². The summed E-state index contributed by atoms with van der Waals surface area (Å²) >= 11 is 0. The molecule has 0 amide bonds. The van der Waals surface area contributed by atoms with Crippen molar-refractivity contribution < 1.29 is 13.2 Å². The van der Waals surface area contributed by atoms with Crippen molar-refractivity contribution in [3.05, 3.63) is 24.3 Å². The van der Waals surface area contributed by atoms with Crippen molar-refractivity contribution in [2.45, 2.75) is 12.8 Å². The molecule has 0 atom stereocenters. The van der Waals surface area contributed by atoms with Crippen LogP contribution in [0.15, 0.2) is 24.3 Å². The summed E-state index contributed by atoms with van der Waals surface area (Å²) in [5.41, 5.74) is 1.59. The van der Waals surface area contributed by atoms with Crippen LogP contribution in [-0.2, 0) is 14.8 Å². The molecule has 2 N–H and O–H groups in total. The zero-order chi connectivity index (χ0) is 13.7. The van der Waals surface area contributed by atoms with Gasteiger partial charge in [-0.15, -0.1) is 0 Å². The molecule has 0 saturated carbocycles. The lowest BCUT2D eigenvalue weighted by molar-refractivity contribution is 0.0699. The second-order valence-corrected chi connectivity index (χ2v) is 6.64. The average molecular weight is 284 g/mol. The van der Waals surface area contributed by atoms with E-state index in [0.29, 0.717) is 11.6 Å². The first-order valence-corrected chi connectivity index (χ1v) is 8.31. The Bertz CT molecular complexity index is 493. The monoisotopic (exact) mass is 284 g/mol. The molecule has 1 saturated heterocycles. The van der Waals surface area contributed by atoms with Crippen molar-refractivity contribution in [1.29, 1.82) is 0 Å². The van der Waals surface area contributed by atoms with Crippen LogP contribution in [0.3, 0.4) is 0 Å². The van der Waals surface area contributed by atoms with E-state index in [0.717, 1.165) is 44.5 Å². The van der Waals surface area contributed by atoms with E-state index in [1.807, 2.05) is 12.1 Å². The first-order valence-electron chi connectivity index (χ1n) is 6.42. The zero-order valence-electron chi connectivity index (χ0n) is 11.1. The molecule has 19 heavy (non-hydrogen) atoms. The second kappa shape index (κ2) is 6.25. The third kappa shape index (κ3) is 5.08. The predicted octanol–water partition coefficient (Wildman–Crippen LogP) is 1.90. The molecule has 1 aromatic rings. The van der Waals surface area contributed by atoms with Gasteiger partial charge < -0.3 is 10.1 Å². The van der Waals surface area contributed by atoms with Gasteiger partial charge in [-0.2, -0.15) is 0 Å². The van der Waals surface area contributed by atoms with E-state index in [2.05, 4.69) is 10.0 Å². The van der Waals surface area contributed by atoms with Gasteiger partial charge in [0.1, 0.15) is 0 Å². The molecule has 0 radical (unpaired) electrons. The molecule has 2 rings (SSSR count). The van der Waals surface area contributed by atoms with Crippen molar-refractivity contribution in [1.82, 2.24) is 0 Å². The Morgan fingerprint density at radius 2 is 1.74 bits per heavy atom. The van der Waals surface area contributed by atoms with Gasteiger partial charge in [0.25, 0.3) is 0 Å². The highest BCUT2D eigenvalue weighted by Gasteiger charge is 2.13. The van der Waals surface area contributed by atoms with Crippen LogP contribution in [0, 0.1) is 5.92 Å². The van der Waals surface area contributed by atoms with Gasteiger partial charge in [0.05, 0.1) is 6.26 Å². The maximum Gasteiger partial charge on any atom is 0.229 e. The predicted molar refractivity (Wildman–Crippen MR) is 76.9 cm³/mol. The quantitative estimate of drug-likeness (QED) is 0.866. The van der Waals surface area contributed by atoms with Crippen LogP contribution in [-0.4, -0.2) is 34.4 Å². The summed E-state index contributed by atoms with van der Waals surface area (Å²) in [4.78, 5) is 0. The third-order valence-corrected chi connectivity index (χ3v) is 3.73. The molecule has 1 aliphatic heterocycles. The number of nitrogens with one attached hydrogen (secondary N) is 2. The number of rotatable bonds is 5. The van der Waals surface area contributed by atoms with Crippen LogP contribution >= 0.6 is 0 Å². The SMILES string of the molecule is CS(=O)(=O)Nc1ccc(NCC2CCOCC2)cc1. The first kappa shape index (κ1) is 14.1. The highest BCUT2D eigenvalue weighted by Crippen LogP contribution is 2.18. The lowest BCUT2D eigenvalue weighted by atomic mass is 10.0. The standard InChI is InChI=1S/C13H20N2O3S/c1-19(16,17)15-13-4-2-12(3-5-13)14-10-11-6-8-18-9-7-11/h2-5,11,14-15H,6-10H2,1H3. The zero-order valence-corrected chi connectivity index (χ0v) is 11.9. The van der Waals surface area contributed by atoms with Gasteiger partial charge >= 0.3 is 0 Å². The van der Waals surface area contributed by atoms with Crippen LogP contribution in [0.25, 0.3) is 0 Å². The summed E-state index contributed by atoms with van der Waals surface area (Å²) in [6.45, 7) is 2.63. The molecular formula is C13H20N2O3S. The third-order valence-electron chi connectivity index (χ3n) is 3.12. The number of hydrogen-bond donors (Lipinski definition) is 2. The van der Waals surface area contributed by atoms with Gasteiger partial charge in [-0.05, 0) is 43.0 Å². The number of sulfonamides is 1. The van der Waals surface area contributed by atoms with E-state index in [4.69, 9.17) is 4.74 Å². The summed E-state index contributed by atoms with van der Waals surface area (Å²) in [5, 5.41) is 3.37. The maximum absolute atomic E-state index is 11.1. The molecule has 6 heteroatoms. The molecule has 5 nitrogen and oxygen atoms in total. The van der Waals surface area contributed by atoms with Gasteiger partial charge in [0.2, 0.25) is 10.0 Å². The van der Waals surface area contributed by atoms with Crippen LogP contribution in [0.5, 0.6) is 0 Å². The summed E-state index contributed by atoms with van der Waals surface area (Å²) in [5.74, 6) is 0.655. The Morgan fingerprint density at radius 1 is 1.16 bits per heavy atom. The molecule has 0 bridgehead atoms. The van der Waals surface area contributed by atoms with E-state index in [-0.39, 0.29) is 0 Å². The summed E-state index contributed by atoms with van der Waals surface area (Å²) in [7, 11) is -3.20. The Balaban J connectivity index is 1.84. The van der Waals surface area contributed by atoms with Crippen LogP contribution < -0.4 is 10.0 Å². The highest BCUT2D eigenvalue weighted by molar-refractivity contribution is 7.92. The molecule has 1 aromatic carbocycles. The molecular weight excluding hydrogens is 264 g/mol. The molecule has 1 heterocycles. The molecule has 106 valence electrons. The average Bonchev–Trinajstić information content (AvgIpc) is 2.37. The largest absolute Gasteiger partial charge is 0.385 e. The van der Waals surface area contributed by atoms with Gasteiger partial charge in [0.15, 0.2) is 0 Å². The van der Waals surface area contributed by atoms with Crippen molar-refractivity contribution in [2.24, 2.45) is 5.92 Å². The summed E-state index contributed by atoms with van der Waals surface area (Å²) in [6, 6.07) is 7.28. The van der Waals surface area contributed by atoms with Gasteiger partial charge in [-0.25, -0.2) is 8.42 Å². The van der Waals surface area contributed by atoms with Gasteiger partial charge in [-0.3, -0.25) is 4.72 Å². The lowest BCUT2D eigenvalue weighted by Gasteiger charge is -2.22. The Kier molecular flexibility index (Phi) is 4.66. The van der Waals surface area contributed by atoms with Crippen molar-refractivity contribution in [2.75, 3.05) is 36.1 Å². The van der Waals surface area contributed by atoms with E-state index < -0.39 is 10.0 Å². The Labute approximate surface area is 114 Å². The molecule has 0 aromatic heterocycles.